The quantitative estimate of drug-likeness (QED) is 0.719. The molecule has 6 heteroatoms. The number of aromatic carboxylic acids is 1. The van der Waals surface area contributed by atoms with Crippen LogP contribution in [0.1, 0.15) is 30.8 Å². The van der Waals surface area contributed by atoms with Gasteiger partial charge in [0.1, 0.15) is 5.69 Å². The van der Waals surface area contributed by atoms with Gasteiger partial charge in [0.05, 0.1) is 17.8 Å². The van der Waals surface area contributed by atoms with Crippen LogP contribution >= 0.6 is 0 Å². The van der Waals surface area contributed by atoms with Gasteiger partial charge in [0.2, 0.25) is 5.91 Å². The SMILES string of the molecule is CC(C)CC(CN)C(=O)Nc1ccc(C(=O)O)nc1. The van der Waals surface area contributed by atoms with Crippen molar-refractivity contribution >= 4 is 17.6 Å². The molecule has 0 saturated carbocycles. The topological polar surface area (TPSA) is 105 Å². The second-order valence-corrected chi connectivity index (χ2v) is 4.79. The normalized spacial score (nSPS) is 12.2. The number of hydrogen-bond donors (Lipinski definition) is 3. The first-order chi connectivity index (χ1) is 8.93. The summed E-state index contributed by atoms with van der Waals surface area (Å²) < 4.78 is 0. The molecule has 1 amide bonds. The number of carbonyl (C=O) groups excluding carboxylic acids is 1. The van der Waals surface area contributed by atoms with Gasteiger partial charge in [-0.1, -0.05) is 13.8 Å². The Morgan fingerprint density at radius 3 is 2.53 bits per heavy atom. The molecule has 6 nitrogen and oxygen atoms in total. The van der Waals surface area contributed by atoms with Gasteiger partial charge in [-0.05, 0) is 24.5 Å². The molecule has 1 aromatic rings. The Bertz CT molecular complexity index is 443. The number of carboxylic acid groups (broad SMARTS) is 1. The smallest absolute Gasteiger partial charge is 0.354 e. The number of aromatic nitrogens is 1. The number of carboxylic acids is 1. The van der Waals surface area contributed by atoms with E-state index in [1.807, 2.05) is 13.8 Å². The van der Waals surface area contributed by atoms with Gasteiger partial charge in [-0.15, -0.1) is 0 Å². The van der Waals surface area contributed by atoms with Gasteiger partial charge in [0.25, 0.3) is 0 Å². The minimum Gasteiger partial charge on any atom is -0.477 e. The summed E-state index contributed by atoms with van der Waals surface area (Å²) in [6, 6.07) is 2.86. The third-order valence-corrected chi connectivity index (χ3v) is 2.66. The highest BCUT2D eigenvalue weighted by molar-refractivity contribution is 5.93. The van der Waals surface area contributed by atoms with Crippen molar-refractivity contribution in [3.8, 4) is 0 Å². The Morgan fingerprint density at radius 1 is 1.42 bits per heavy atom. The number of pyridine rings is 1. The van der Waals surface area contributed by atoms with Gasteiger partial charge in [-0.25, -0.2) is 9.78 Å². The molecule has 0 aliphatic heterocycles. The molecular weight excluding hydrogens is 246 g/mol. The summed E-state index contributed by atoms with van der Waals surface area (Å²) in [5, 5.41) is 11.4. The van der Waals surface area contributed by atoms with Crippen LogP contribution in [0, 0.1) is 11.8 Å². The average Bonchev–Trinajstić information content (AvgIpc) is 2.36. The van der Waals surface area contributed by atoms with Crippen LogP contribution in [-0.4, -0.2) is 28.5 Å². The van der Waals surface area contributed by atoms with Crippen molar-refractivity contribution in [3.05, 3.63) is 24.0 Å². The molecule has 1 aromatic heterocycles. The fourth-order valence-electron chi connectivity index (χ4n) is 1.72. The van der Waals surface area contributed by atoms with E-state index in [4.69, 9.17) is 10.8 Å². The van der Waals surface area contributed by atoms with Gasteiger partial charge < -0.3 is 16.2 Å². The maximum atomic E-state index is 12.0. The van der Waals surface area contributed by atoms with Crippen molar-refractivity contribution in [3.63, 3.8) is 0 Å². The Balaban J connectivity index is 2.67. The molecule has 104 valence electrons. The number of rotatable bonds is 6. The van der Waals surface area contributed by atoms with Gasteiger partial charge in [0, 0.05) is 6.54 Å². The molecule has 0 fully saturated rings. The van der Waals surface area contributed by atoms with E-state index in [0.717, 1.165) is 0 Å². The van der Waals surface area contributed by atoms with E-state index in [2.05, 4.69) is 10.3 Å². The van der Waals surface area contributed by atoms with Crippen LogP contribution in [0.25, 0.3) is 0 Å². The van der Waals surface area contributed by atoms with E-state index in [1.54, 1.807) is 0 Å². The highest BCUT2D eigenvalue weighted by Gasteiger charge is 2.18. The van der Waals surface area contributed by atoms with Crippen LogP contribution < -0.4 is 11.1 Å². The Kier molecular flexibility index (Phi) is 5.44. The van der Waals surface area contributed by atoms with Gasteiger partial charge >= 0.3 is 5.97 Å². The van der Waals surface area contributed by atoms with E-state index in [-0.39, 0.29) is 24.1 Å². The molecule has 1 heterocycles. The Labute approximate surface area is 112 Å². The van der Waals surface area contributed by atoms with Crippen LogP contribution in [0.15, 0.2) is 18.3 Å². The largest absolute Gasteiger partial charge is 0.477 e. The molecule has 0 bridgehead atoms. The molecule has 19 heavy (non-hydrogen) atoms. The molecule has 0 radical (unpaired) electrons. The molecule has 4 N–H and O–H groups in total. The molecule has 0 spiro atoms. The van der Waals surface area contributed by atoms with E-state index >= 15 is 0 Å². The molecule has 0 saturated heterocycles. The number of hydrogen-bond acceptors (Lipinski definition) is 4. The third-order valence-electron chi connectivity index (χ3n) is 2.66. The summed E-state index contributed by atoms with van der Waals surface area (Å²) in [6.07, 6.45) is 2.03. The van der Waals surface area contributed by atoms with Crippen LogP contribution in [0.4, 0.5) is 5.69 Å². The summed E-state index contributed by atoms with van der Waals surface area (Å²) in [4.78, 5) is 26.3. The van der Waals surface area contributed by atoms with Crippen molar-refractivity contribution in [2.75, 3.05) is 11.9 Å². The Hall–Kier alpha value is -1.95. The molecule has 1 atom stereocenters. The number of nitrogens with zero attached hydrogens (tertiary/aromatic N) is 1. The zero-order valence-corrected chi connectivity index (χ0v) is 11.1. The minimum absolute atomic E-state index is 0.0597. The first kappa shape index (κ1) is 15.1. The van der Waals surface area contributed by atoms with Crippen LogP contribution in [-0.2, 0) is 4.79 Å². The zero-order valence-electron chi connectivity index (χ0n) is 11.1. The highest BCUT2D eigenvalue weighted by atomic mass is 16.4. The van der Waals surface area contributed by atoms with Gasteiger partial charge in [0.15, 0.2) is 0 Å². The molecule has 0 aromatic carbocycles. The maximum absolute atomic E-state index is 12.0. The lowest BCUT2D eigenvalue weighted by Gasteiger charge is -2.16. The van der Waals surface area contributed by atoms with E-state index in [0.29, 0.717) is 18.0 Å². The monoisotopic (exact) mass is 265 g/mol. The second kappa shape index (κ2) is 6.84. The lowest BCUT2D eigenvalue weighted by molar-refractivity contribution is -0.120. The van der Waals surface area contributed by atoms with Crippen LogP contribution in [0.5, 0.6) is 0 Å². The first-order valence-electron chi connectivity index (χ1n) is 6.14. The van der Waals surface area contributed by atoms with Crippen LogP contribution in [0.2, 0.25) is 0 Å². The summed E-state index contributed by atoms with van der Waals surface area (Å²) in [7, 11) is 0. The standard InChI is InChI=1S/C13H19N3O3/c1-8(2)5-9(6-14)12(17)16-10-3-4-11(13(18)19)15-7-10/h3-4,7-9H,5-6,14H2,1-2H3,(H,16,17)(H,18,19). The van der Waals surface area contributed by atoms with Crippen molar-refractivity contribution < 1.29 is 14.7 Å². The predicted octanol–water partition coefficient (Wildman–Crippen LogP) is 1.34. The number of carbonyl (C=O) groups is 2. The van der Waals surface area contributed by atoms with Crippen LogP contribution in [0.3, 0.4) is 0 Å². The number of nitrogens with one attached hydrogen (secondary N) is 1. The van der Waals surface area contributed by atoms with Crippen molar-refractivity contribution in [2.24, 2.45) is 17.6 Å². The fraction of sp³-hybridized carbons (Fsp3) is 0.462. The third kappa shape index (κ3) is 4.67. The summed E-state index contributed by atoms with van der Waals surface area (Å²) in [5.74, 6) is -1.13. The van der Waals surface area contributed by atoms with Crippen molar-refractivity contribution in [2.45, 2.75) is 20.3 Å². The first-order valence-corrected chi connectivity index (χ1v) is 6.14. The Morgan fingerprint density at radius 2 is 2.11 bits per heavy atom. The van der Waals surface area contributed by atoms with Gasteiger partial charge in [-0.3, -0.25) is 4.79 Å². The number of nitrogens with two attached hydrogens (primary N) is 1. The fourth-order valence-corrected chi connectivity index (χ4v) is 1.72. The zero-order chi connectivity index (χ0) is 14.4. The molecule has 1 unspecified atom stereocenters. The van der Waals surface area contributed by atoms with Gasteiger partial charge in [-0.2, -0.15) is 0 Å². The van der Waals surface area contributed by atoms with Crippen molar-refractivity contribution in [1.29, 1.82) is 0 Å². The number of amides is 1. The second-order valence-electron chi connectivity index (χ2n) is 4.79. The summed E-state index contributed by atoms with van der Waals surface area (Å²) in [6.45, 7) is 4.34. The number of anilines is 1. The highest BCUT2D eigenvalue weighted by Crippen LogP contribution is 2.14. The molecule has 0 aliphatic carbocycles. The van der Waals surface area contributed by atoms with E-state index in [1.165, 1.54) is 18.3 Å². The van der Waals surface area contributed by atoms with E-state index < -0.39 is 5.97 Å². The predicted molar refractivity (Wildman–Crippen MR) is 71.8 cm³/mol. The van der Waals surface area contributed by atoms with E-state index in [9.17, 15) is 9.59 Å². The summed E-state index contributed by atoms with van der Waals surface area (Å²) >= 11 is 0. The summed E-state index contributed by atoms with van der Waals surface area (Å²) in [5.41, 5.74) is 6.00. The molecule has 0 aliphatic rings. The lowest BCUT2D eigenvalue weighted by Crippen LogP contribution is -2.30. The molecular formula is C13H19N3O3. The lowest BCUT2D eigenvalue weighted by atomic mass is 9.96. The maximum Gasteiger partial charge on any atom is 0.354 e. The minimum atomic E-state index is -1.10. The average molecular weight is 265 g/mol. The van der Waals surface area contributed by atoms with Crippen molar-refractivity contribution in [1.82, 2.24) is 4.98 Å². The molecule has 1 rings (SSSR count).